The fraction of sp³-hybridized carbons (Fsp3) is 0.692. The van der Waals surface area contributed by atoms with Gasteiger partial charge >= 0.3 is 0 Å². The van der Waals surface area contributed by atoms with Crippen molar-refractivity contribution < 1.29 is 17.6 Å². The predicted octanol–water partition coefficient (Wildman–Crippen LogP) is 1.75. The summed E-state index contributed by atoms with van der Waals surface area (Å²) in [4.78, 5) is 0.151. The molecule has 8 heteroatoms. The Hall–Kier alpha value is -0.410. The van der Waals surface area contributed by atoms with Gasteiger partial charge in [-0.2, -0.15) is 0 Å². The van der Waals surface area contributed by atoms with Gasteiger partial charge in [-0.3, -0.25) is 0 Å². The molecule has 1 aromatic rings. The third-order valence-corrected chi connectivity index (χ3v) is 6.30. The van der Waals surface area contributed by atoms with E-state index >= 15 is 0 Å². The molecule has 0 aromatic carbocycles. The second-order valence-corrected chi connectivity index (χ2v) is 7.87. The van der Waals surface area contributed by atoms with Gasteiger partial charge in [0.2, 0.25) is 10.0 Å². The van der Waals surface area contributed by atoms with Crippen LogP contribution >= 0.6 is 15.9 Å². The Morgan fingerprint density at radius 3 is 2.86 bits per heavy atom. The minimum absolute atomic E-state index is 0.0108. The summed E-state index contributed by atoms with van der Waals surface area (Å²) in [5, 5.41) is 3.10. The first-order valence-electron chi connectivity index (χ1n) is 7.16. The van der Waals surface area contributed by atoms with Crippen molar-refractivity contribution in [2.75, 3.05) is 6.54 Å². The van der Waals surface area contributed by atoms with Crippen molar-refractivity contribution in [3.63, 3.8) is 0 Å². The molecule has 0 amide bonds. The van der Waals surface area contributed by atoms with Gasteiger partial charge in [0.1, 0.15) is 10.7 Å². The Kier molecular flexibility index (Phi) is 4.42. The minimum atomic E-state index is -3.60. The molecule has 118 valence electrons. The maximum absolute atomic E-state index is 12.5. The molecule has 0 radical (unpaired) electrons. The fourth-order valence-electron chi connectivity index (χ4n) is 2.94. The number of rotatable bonds is 6. The summed E-state index contributed by atoms with van der Waals surface area (Å²) < 4.78 is 39.1. The monoisotopic (exact) mass is 378 g/mol. The molecule has 2 fully saturated rings. The number of nitrogens with one attached hydrogen (secondary N) is 2. The first-order chi connectivity index (χ1) is 9.99. The van der Waals surface area contributed by atoms with Crippen LogP contribution in [0.2, 0.25) is 0 Å². The van der Waals surface area contributed by atoms with Gasteiger partial charge in [-0.05, 0) is 41.7 Å². The SMILES string of the molecule is CCNCc1cc(S(=O)(=O)NC2CC3CCC2O3)c(Br)o1. The van der Waals surface area contributed by atoms with Crippen LogP contribution in [0, 0.1) is 0 Å². The Bertz CT molecular complexity index is 616. The van der Waals surface area contributed by atoms with Crippen LogP contribution in [0.3, 0.4) is 0 Å². The second kappa shape index (κ2) is 6.00. The summed E-state index contributed by atoms with van der Waals surface area (Å²) in [6, 6.07) is 1.43. The average Bonchev–Trinajstić information content (AvgIpc) is 3.11. The smallest absolute Gasteiger partial charge is 0.245 e. The van der Waals surface area contributed by atoms with Crippen molar-refractivity contribution >= 4 is 26.0 Å². The normalized spacial score (nSPS) is 28.4. The van der Waals surface area contributed by atoms with E-state index in [1.165, 1.54) is 0 Å². The first kappa shape index (κ1) is 15.5. The maximum atomic E-state index is 12.5. The topological polar surface area (TPSA) is 80.6 Å². The lowest BCUT2D eigenvalue weighted by atomic mass is 9.96. The highest BCUT2D eigenvalue weighted by Gasteiger charge is 2.43. The number of ether oxygens (including phenoxy) is 1. The van der Waals surface area contributed by atoms with Crippen molar-refractivity contribution in [2.24, 2.45) is 0 Å². The van der Waals surface area contributed by atoms with Gasteiger partial charge in [-0.15, -0.1) is 0 Å². The van der Waals surface area contributed by atoms with E-state index in [1.807, 2.05) is 6.92 Å². The molecule has 3 heterocycles. The van der Waals surface area contributed by atoms with Crippen LogP contribution in [0.15, 0.2) is 20.0 Å². The molecule has 6 nitrogen and oxygen atoms in total. The van der Waals surface area contributed by atoms with E-state index in [1.54, 1.807) is 6.07 Å². The molecule has 1 aromatic heterocycles. The number of sulfonamides is 1. The van der Waals surface area contributed by atoms with E-state index in [9.17, 15) is 8.42 Å². The Morgan fingerprint density at radius 1 is 1.43 bits per heavy atom. The Balaban J connectivity index is 1.74. The minimum Gasteiger partial charge on any atom is -0.452 e. The summed E-state index contributed by atoms with van der Waals surface area (Å²) in [5.74, 6) is 0.591. The lowest BCUT2D eigenvalue weighted by molar-refractivity contribution is 0.0996. The molecule has 3 unspecified atom stereocenters. The van der Waals surface area contributed by atoms with Crippen molar-refractivity contribution in [2.45, 2.75) is 55.9 Å². The molecule has 2 aliphatic heterocycles. The summed E-state index contributed by atoms with van der Waals surface area (Å²) in [5.41, 5.74) is 0. The van der Waals surface area contributed by atoms with Gasteiger partial charge < -0.3 is 14.5 Å². The van der Waals surface area contributed by atoms with E-state index in [2.05, 4.69) is 26.0 Å². The van der Waals surface area contributed by atoms with Crippen molar-refractivity contribution in [1.29, 1.82) is 0 Å². The molecule has 2 bridgehead atoms. The predicted molar refractivity (Wildman–Crippen MR) is 80.4 cm³/mol. The zero-order valence-corrected chi connectivity index (χ0v) is 14.2. The molecule has 21 heavy (non-hydrogen) atoms. The first-order valence-corrected chi connectivity index (χ1v) is 9.44. The largest absolute Gasteiger partial charge is 0.452 e. The van der Waals surface area contributed by atoms with E-state index in [-0.39, 0.29) is 27.8 Å². The highest BCUT2D eigenvalue weighted by Crippen LogP contribution is 2.35. The van der Waals surface area contributed by atoms with Crippen LogP contribution < -0.4 is 10.0 Å². The van der Waals surface area contributed by atoms with Crippen molar-refractivity contribution in [3.8, 4) is 0 Å². The fourth-order valence-corrected chi connectivity index (χ4v) is 5.22. The standard InChI is InChI=1S/C13H19BrN2O4S/c1-2-15-7-9-6-12(13(14)20-9)21(17,18)16-10-5-8-3-4-11(10)19-8/h6,8,10-11,15-16H,2-5,7H2,1H3. The van der Waals surface area contributed by atoms with E-state index < -0.39 is 10.0 Å². The molecule has 0 saturated carbocycles. The average molecular weight is 379 g/mol. The Labute approximate surface area is 132 Å². The molecule has 3 atom stereocenters. The van der Waals surface area contributed by atoms with E-state index in [0.29, 0.717) is 12.3 Å². The molecule has 0 aliphatic carbocycles. The van der Waals surface area contributed by atoms with Crippen LogP contribution in [0.25, 0.3) is 0 Å². The summed E-state index contributed by atoms with van der Waals surface area (Å²) in [6.45, 7) is 3.27. The number of hydrogen-bond acceptors (Lipinski definition) is 5. The van der Waals surface area contributed by atoms with Gasteiger partial charge in [0.25, 0.3) is 0 Å². The molecule has 2 saturated heterocycles. The molecule has 0 spiro atoms. The summed E-state index contributed by atoms with van der Waals surface area (Å²) in [6.07, 6.45) is 2.93. The summed E-state index contributed by atoms with van der Waals surface area (Å²) >= 11 is 3.19. The van der Waals surface area contributed by atoms with Crippen LogP contribution in [0.5, 0.6) is 0 Å². The molecule has 3 rings (SSSR count). The zero-order valence-electron chi connectivity index (χ0n) is 11.8. The molecule has 2 N–H and O–H groups in total. The number of furan rings is 1. The van der Waals surface area contributed by atoms with Crippen molar-refractivity contribution in [1.82, 2.24) is 10.0 Å². The quantitative estimate of drug-likeness (QED) is 0.787. The molecular formula is C13H19BrN2O4S. The maximum Gasteiger partial charge on any atom is 0.245 e. The molecular weight excluding hydrogens is 360 g/mol. The Morgan fingerprint density at radius 2 is 2.24 bits per heavy atom. The van der Waals surface area contributed by atoms with Gasteiger partial charge in [0, 0.05) is 6.07 Å². The van der Waals surface area contributed by atoms with Crippen LogP contribution in [0.4, 0.5) is 0 Å². The zero-order chi connectivity index (χ0) is 15.0. The van der Waals surface area contributed by atoms with Gasteiger partial charge in [-0.25, -0.2) is 13.1 Å². The van der Waals surface area contributed by atoms with Crippen LogP contribution in [0.1, 0.15) is 31.9 Å². The van der Waals surface area contributed by atoms with E-state index in [4.69, 9.17) is 9.15 Å². The third kappa shape index (κ3) is 3.19. The van der Waals surface area contributed by atoms with E-state index in [0.717, 1.165) is 25.8 Å². The van der Waals surface area contributed by atoms with Crippen LogP contribution in [-0.4, -0.2) is 33.2 Å². The highest BCUT2D eigenvalue weighted by molar-refractivity contribution is 9.10. The van der Waals surface area contributed by atoms with Gasteiger partial charge in [-0.1, -0.05) is 6.92 Å². The second-order valence-electron chi connectivity index (χ2n) is 5.47. The van der Waals surface area contributed by atoms with Gasteiger partial charge in [0.15, 0.2) is 4.67 Å². The highest BCUT2D eigenvalue weighted by atomic mass is 79.9. The lowest BCUT2D eigenvalue weighted by Gasteiger charge is -2.19. The number of fused-ring (bicyclic) bond motifs is 2. The number of hydrogen-bond donors (Lipinski definition) is 2. The molecule has 2 aliphatic rings. The van der Waals surface area contributed by atoms with Crippen molar-refractivity contribution in [3.05, 3.63) is 16.5 Å². The van der Waals surface area contributed by atoms with Gasteiger partial charge in [0.05, 0.1) is 24.8 Å². The third-order valence-electron chi connectivity index (χ3n) is 3.96. The number of halogens is 1. The van der Waals surface area contributed by atoms with Crippen LogP contribution in [-0.2, 0) is 21.3 Å². The summed E-state index contributed by atoms with van der Waals surface area (Å²) in [7, 11) is -3.60. The lowest BCUT2D eigenvalue weighted by Crippen LogP contribution is -2.41.